The van der Waals surface area contributed by atoms with Crippen LogP contribution in [0.1, 0.15) is 45.0 Å². The van der Waals surface area contributed by atoms with E-state index in [0.29, 0.717) is 30.4 Å². The highest BCUT2D eigenvalue weighted by Gasteiger charge is 2.38. The van der Waals surface area contributed by atoms with E-state index >= 15 is 0 Å². The number of hydrogen-bond acceptors (Lipinski definition) is 5. The van der Waals surface area contributed by atoms with Crippen LogP contribution < -0.4 is 11.5 Å². The third-order valence-electron chi connectivity index (χ3n) is 6.94. The lowest BCUT2D eigenvalue weighted by Gasteiger charge is -2.32. The molecule has 212 valence electrons. The van der Waals surface area contributed by atoms with Crippen molar-refractivity contribution in [2.45, 2.75) is 24.9 Å². The molecule has 1 aliphatic rings. The number of benzene rings is 3. The van der Waals surface area contributed by atoms with Gasteiger partial charge in [-0.25, -0.2) is 9.78 Å². The molecule has 0 aliphatic carbocycles. The third-order valence-corrected chi connectivity index (χ3v) is 6.94. The summed E-state index contributed by atoms with van der Waals surface area (Å²) < 4.78 is 31.7. The Morgan fingerprint density at radius 3 is 2.15 bits per heavy atom. The van der Waals surface area contributed by atoms with Gasteiger partial charge in [0, 0.05) is 24.7 Å². The molecule has 0 bridgehead atoms. The van der Waals surface area contributed by atoms with E-state index in [1.54, 1.807) is 18.3 Å². The van der Waals surface area contributed by atoms with Crippen LogP contribution in [0, 0.1) is 0 Å². The predicted octanol–water partition coefficient (Wildman–Crippen LogP) is 5.24. The standard InChI is InChI=1S/C28H26N4O2.C2HF3O2/c29-26-24-16-21(7-6-20(24)10-13-31-26)19-11-14-32(15-12-19)28(34)23-9-8-22(17-25(23)27(30)33)18-4-2-1-3-5-18;3-2(4,5)1(6)7/h1-10,13,16-17,19H,11-12,14-15H2,(H2,29,31)(H2,30,33);(H,6,7). The number of rotatable bonds is 4. The van der Waals surface area contributed by atoms with Crippen LogP contribution in [-0.2, 0) is 4.79 Å². The maximum atomic E-state index is 13.3. The first-order valence-electron chi connectivity index (χ1n) is 12.7. The van der Waals surface area contributed by atoms with E-state index in [4.69, 9.17) is 21.4 Å². The molecule has 1 aromatic heterocycles. The molecule has 8 nitrogen and oxygen atoms in total. The molecule has 1 aliphatic heterocycles. The lowest BCUT2D eigenvalue weighted by molar-refractivity contribution is -0.192. The fourth-order valence-electron chi connectivity index (χ4n) is 4.79. The van der Waals surface area contributed by atoms with E-state index < -0.39 is 18.1 Å². The summed E-state index contributed by atoms with van der Waals surface area (Å²) >= 11 is 0. The van der Waals surface area contributed by atoms with Gasteiger partial charge in [0.1, 0.15) is 5.82 Å². The summed E-state index contributed by atoms with van der Waals surface area (Å²) in [5, 5.41) is 9.16. The van der Waals surface area contributed by atoms with Crippen molar-refractivity contribution in [1.29, 1.82) is 0 Å². The summed E-state index contributed by atoms with van der Waals surface area (Å²) in [6.07, 6.45) is -1.69. The Labute approximate surface area is 233 Å². The number of fused-ring (bicyclic) bond motifs is 1. The van der Waals surface area contributed by atoms with Crippen LogP contribution in [0.3, 0.4) is 0 Å². The van der Waals surface area contributed by atoms with E-state index in [2.05, 4.69) is 23.2 Å². The zero-order valence-corrected chi connectivity index (χ0v) is 21.8. The Hall–Kier alpha value is -4.93. The number of halogens is 3. The first-order valence-corrected chi connectivity index (χ1v) is 12.7. The van der Waals surface area contributed by atoms with Crippen molar-refractivity contribution in [3.8, 4) is 11.1 Å². The molecular formula is C30H27F3N4O4. The van der Waals surface area contributed by atoms with Crippen LogP contribution in [0.25, 0.3) is 21.9 Å². The number of amides is 2. The maximum absolute atomic E-state index is 13.3. The minimum absolute atomic E-state index is 0.154. The molecule has 4 aromatic rings. The van der Waals surface area contributed by atoms with Crippen LogP contribution in [0.5, 0.6) is 0 Å². The lowest BCUT2D eigenvalue weighted by Crippen LogP contribution is -2.38. The topological polar surface area (TPSA) is 140 Å². The Morgan fingerprint density at radius 2 is 1.54 bits per heavy atom. The average molecular weight is 565 g/mol. The zero-order valence-electron chi connectivity index (χ0n) is 21.8. The summed E-state index contributed by atoms with van der Waals surface area (Å²) in [5.74, 6) is -2.64. The third kappa shape index (κ3) is 6.81. The number of hydrogen-bond donors (Lipinski definition) is 3. The second kappa shape index (κ2) is 12.1. The van der Waals surface area contributed by atoms with Gasteiger partial charge in [0.2, 0.25) is 5.91 Å². The van der Waals surface area contributed by atoms with E-state index in [1.807, 2.05) is 47.4 Å². The number of carboxylic acids is 1. The van der Waals surface area contributed by atoms with E-state index in [0.717, 1.165) is 34.7 Å². The smallest absolute Gasteiger partial charge is 0.475 e. The molecule has 0 atom stereocenters. The van der Waals surface area contributed by atoms with Gasteiger partial charge in [-0.1, -0.05) is 48.5 Å². The molecule has 1 saturated heterocycles. The van der Waals surface area contributed by atoms with Crippen molar-refractivity contribution in [1.82, 2.24) is 9.88 Å². The maximum Gasteiger partial charge on any atom is 0.490 e. The molecule has 41 heavy (non-hydrogen) atoms. The van der Waals surface area contributed by atoms with Crippen molar-refractivity contribution < 1.29 is 32.7 Å². The fourth-order valence-corrected chi connectivity index (χ4v) is 4.79. The predicted molar refractivity (Wildman–Crippen MR) is 148 cm³/mol. The van der Waals surface area contributed by atoms with Crippen LogP contribution in [0.4, 0.5) is 19.0 Å². The number of nitrogens with zero attached hydrogens (tertiary/aromatic N) is 2. The van der Waals surface area contributed by atoms with Crippen molar-refractivity contribution in [2.75, 3.05) is 18.8 Å². The second-order valence-electron chi connectivity index (χ2n) is 9.54. The first-order chi connectivity index (χ1) is 19.5. The number of piperidine rings is 1. The van der Waals surface area contributed by atoms with E-state index in [9.17, 15) is 22.8 Å². The Balaban J connectivity index is 0.000000493. The molecule has 5 rings (SSSR count). The molecule has 11 heteroatoms. The highest BCUT2D eigenvalue weighted by molar-refractivity contribution is 6.07. The van der Waals surface area contributed by atoms with Gasteiger partial charge in [-0.2, -0.15) is 13.2 Å². The number of aromatic nitrogens is 1. The minimum atomic E-state index is -5.08. The fraction of sp³-hybridized carbons (Fsp3) is 0.200. The van der Waals surface area contributed by atoms with Crippen LogP contribution in [0.2, 0.25) is 0 Å². The highest BCUT2D eigenvalue weighted by atomic mass is 19.4. The lowest BCUT2D eigenvalue weighted by atomic mass is 9.88. The Morgan fingerprint density at radius 1 is 0.878 bits per heavy atom. The number of alkyl halides is 3. The number of nitrogen functional groups attached to an aromatic ring is 1. The number of carbonyl (C=O) groups is 3. The van der Waals surface area contributed by atoms with Gasteiger partial charge in [0.15, 0.2) is 0 Å². The largest absolute Gasteiger partial charge is 0.490 e. The van der Waals surface area contributed by atoms with Crippen molar-refractivity contribution in [3.63, 3.8) is 0 Å². The molecule has 2 amide bonds. The zero-order chi connectivity index (χ0) is 29.7. The molecule has 5 N–H and O–H groups in total. The number of aliphatic carboxylic acids is 1. The molecule has 0 saturated carbocycles. The summed E-state index contributed by atoms with van der Waals surface area (Å²) in [5.41, 5.74) is 15.4. The van der Waals surface area contributed by atoms with E-state index in [-0.39, 0.29) is 11.5 Å². The Bertz CT molecular complexity index is 1580. The summed E-state index contributed by atoms with van der Waals surface area (Å²) in [6, 6.07) is 23.3. The SMILES string of the molecule is NC(=O)c1cc(-c2ccccc2)ccc1C(=O)N1CCC(c2ccc3ccnc(N)c3c2)CC1.O=C(O)C(F)(F)F. The first kappa shape index (κ1) is 29.1. The summed E-state index contributed by atoms with van der Waals surface area (Å²) in [4.78, 5) is 40.4. The van der Waals surface area contributed by atoms with Gasteiger partial charge in [0.25, 0.3) is 5.91 Å². The average Bonchev–Trinajstić information content (AvgIpc) is 2.97. The van der Waals surface area contributed by atoms with Gasteiger partial charge >= 0.3 is 12.1 Å². The number of nitrogens with two attached hydrogens (primary N) is 2. The second-order valence-corrected chi connectivity index (χ2v) is 9.54. The highest BCUT2D eigenvalue weighted by Crippen LogP contribution is 2.32. The normalized spacial score (nSPS) is 13.8. The number of primary amides is 1. The summed E-state index contributed by atoms with van der Waals surface area (Å²) in [7, 11) is 0. The minimum Gasteiger partial charge on any atom is -0.475 e. The molecule has 3 aromatic carbocycles. The number of likely N-dealkylation sites (tertiary alicyclic amines) is 1. The van der Waals surface area contributed by atoms with Gasteiger partial charge in [-0.15, -0.1) is 0 Å². The van der Waals surface area contributed by atoms with Crippen molar-refractivity contribution in [3.05, 3.63) is 95.7 Å². The molecule has 1 fully saturated rings. The van der Waals surface area contributed by atoms with Gasteiger partial charge in [0.05, 0.1) is 11.1 Å². The van der Waals surface area contributed by atoms with Gasteiger partial charge < -0.3 is 21.5 Å². The van der Waals surface area contributed by atoms with Crippen LogP contribution >= 0.6 is 0 Å². The quantitative estimate of drug-likeness (QED) is 0.310. The number of anilines is 1. The number of pyridine rings is 1. The number of carbonyl (C=O) groups excluding carboxylic acids is 2. The summed E-state index contributed by atoms with van der Waals surface area (Å²) in [6.45, 7) is 1.23. The van der Waals surface area contributed by atoms with Crippen molar-refractivity contribution >= 4 is 34.4 Å². The molecule has 0 spiro atoms. The van der Waals surface area contributed by atoms with Crippen LogP contribution in [0.15, 0.2) is 79.0 Å². The molecule has 2 heterocycles. The van der Waals surface area contributed by atoms with Gasteiger partial charge in [-0.3, -0.25) is 9.59 Å². The van der Waals surface area contributed by atoms with E-state index in [1.165, 1.54) is 5.56 Å². The Kier molecular flexibility index (Phi) is 8.56. The van der Waals surface area contributed by atoms with Crippen molar-refractivity contribution in [2.24, 2.45) is 5.73 Å². The number of carboxylic acid groups (broad SMARTS) is 1. The molecular weight excluding hydrogens is 537 g/mol. The molecule has 0 radical (unpaired) electrons. The van der Waals surface area contributed by atoms with Crippen LogP contribution in [-0.4, -0.2) is 52.0 Å². The monoisotopic (exact) mass is 564 g/mol. The van der Waals surface area contributed by atoms with Gasteiger partial charge in [-0.05, 0) is 65.1 Å². The molecule has 0 unspecified atom stereocenters.